The van der Waals surface area contributed by atoms with Crippen molar-refractivity contribution in [2.75, 3.05) is 13.6 Å². The van der Waals surface area contributed by atoms with Gasteiger partial charge < -0.3 is 19.9 Å². The van der Waals surface area contributed by atoms with Crippen molar-refractivity contribution in [2.24, 2.45) is 4.99 Å². The minimum Gasteiger partial charge on any atom is -0.373 e. The number of nitrogens with zero attached hydrogens (tertiary/aromatic N) is 3. The zero-order valence-electron chi connectivity index (χ0n) is 14.3. The van der Waals surface area contributed by atoms with Gasteiger partial charge in [-0.05, 0) is 32.1 Å². The summed E-state index contributed by atoms with van der Waals surface area (Å²) in [5.41, 5.74) is 1.19. The molecule has 4 rings (SSSR count). The Hall–Kier alpha value is -0.830. The SMILES string of the molecule is CN=C(NCCc1cn2c(n1)CCCC2)NC1CC2CCC1O2.I. The minimum absolute atomic E-state index is 0. The second-order valence-electron chi connectivity index (χ2n) is 6.91. The van der Waals surface area contributed by atoms with E-state index < -0.39 is 0 Å². The van der Waals surface area contributed by atoms with Gasteiger partial charge in [-0.2, -0.15) is 0 Å². The predicted molar refractivity (Wildman–Crippen MR) is 105 cm³/mol. The van der Waals surface area contributed by atoms with Crippen molar-refractivity contribution in [3.8, 4) is 0 Å². The van der Waals surface area contributed by atoms with E-state index in [-0.39, 0.29) is 24.0 Å². The zero-order chi connectivity index (χ0) is 15.6. The average molecular weight is 445 g/mol. The summed E-state index contributed by atoms with van der Waals surface area (Å²) < 4.78 is 8.21. The summed E-state index contributed by atoms with van der Waals surface area (Å²) in [6.45, 7) is 1.99. The summed E-state index contributed by atoms with van der Waals surface area (Å²) in [7, 11) is 1.83. The summed E-state index contributed by atoms with van der Waals surface area (Å²) in [5.74, 6) is 2.14. The fourth-order valence-electron chi connectivity index (χ4n) is 4.06. The summed E-state index contributed by atoms with van der Waals surface area (Å²) in [5, 5.41) is 6.94. The van der Waals surface area contributed by atoms with Crippen LogP contribution >= 0.6 is 24.0 Å². The van der Waals surface area contributed by atoms with E-state index in [0.717, 1.165) is 38.3 Å². The molecule has 6 nitrogen and oxygen atoms in total. The molecule has 2 fully saturated rings. The number of aliphatic imine (C=N–C) groups is 1. The van der Waals surface area contributed by atoms with Gasteiger partial charge in [-0.3, -0.25) is 4.99 Å². The summed E-state index contributed by atoms with van der Waals surface area (Å²) in [4.78, 5) is 9.10. The molecule has 3 aliphatic rings. The van der Waals surface area contributed by atoms with E-state index in [2.05, 4.69) is 26.4 Å². The van der Waals surface area contributed by atoms with Gasteiger partial charge in [0, 0.05) is 39.2 Å². The lowest BCUT2D eigenvalue weighted by Gasteiger charge is -2.22. The molecule has 0 aromatic carbocycles. The van der Waals surface area contributed by atoms with Crippen LogP contribution in [0.2, 0.25) is 0 Å². The summed E-state index contributed by atoms with van der Waals surface area (Å²) in [6, 6.07) is 0.417. The first kappa shape index (κ1) is 18.0. The van der Waals surface area contributed by atoms with Crippen LogP contribution in [0.3, 0.4) is 0 Å². The number of hydrogen-bond donors (Lipinski definition) is 2. The molecule has 1 aromatic heterocycles. The molecule has 2 saturated heterocycles. The van der Waals surface area contributed by atoms with E-state index >= 15 is 0 Å². The first-order valence-corrected chi connectivity index (χ1v) is 8.99. The van der Waals surface area contributed by atoms with Crippen molar-refractivity contribution in [3.05, 3.63) is 17.7 Å². The molecule has 1 aromatic rings. The number of guanidine groups is 1. The van der Waals surface area contributed by atoms with Gasteiger partial charge in [0.25, 0.3) is 0 Å². The van der Waals surface area contributed by atoms with Gasteiger partial charge >= 0.3 is 0 Å². The predicted octanol–water partition coefficient (Wildman–Crippen LogP) is 1.86. The first-order valence-electron chi connectivity index (χ1n) is 8.99. The molecule has 3 atom stereocenters. The number of halogens is 1. The molecular formula is C17H28IN5O. The van der Waals surface area contributed by atoms with E-state index in [1.807, 2.05) is 7.05 Å². The van der Waals surface area contributed by atoms with Crippen LogP contribution < -0.4 is 10.6 Å². The van der Waals surface area contributed by atoms with Crippen LogP contribution in [0, 0.1) is 0 Å². The number of aryl methyl sites for hydroxylation is 2. The highest BCUT2D eigenvalue weighted by Gasteiger charge is 2.41. The Labute approximate surface area is 160 Å². The third-order valence-corrected chi connectivity index (χ3v) is 5.28. The molecule has 3 aliphatic heterocycles. The lowest BCUT2D eigenvalue weighted by atomic mass is 9.96. The second kappa shape index (κ2) is 8.03. The maximum Gasteiger partial charge on any atom is 0.191 e. The van der Waals surface area contributed by atoms with Crippen molar-refractivity contribution in [1.29, 1.82) is 0 Å². The smallest absolute Gasteiger partial charge is 0.191 e. The van der Waals surface area contributed by atoms with E-state index in [4.69, 9.17) is 9.72 Å². The van der Waals surface area contributed by atoms with Crippen molar-refractivity contribution >= 4 is 29.9 Å². The minimum atomic E-state index is 0. The molecule has 0 radical (unpaired) electrons. The Bertz CT molecular complexity index is 564. The standard InChI is InChI=1S/C17H27N5O.HI/c1-18-17(21-14-10-13-5-6-15(14)23-13)19-8-7-12-11-22-9-3-2-4-16(22)20-12;/h11,13-15H,2-10H2,1H3,(H2,18,19,21);1H. The molecule has 0 amide bonds. The number of hydrogen-bond acceptors (Lipinski definition) is 3. The maximum atomic E-state index is 5.89. The topological polar surface area (TPSA) is 63.5 Å². The highest BCUT2D eigenvalue weighted by atomic mass is 127. The molecule has 134 valence electrons. The molecule has 0 saturated carbocycles. The average Bonchev–Trinajstić information content (AvgIpc) is 3.28. The van der Waals surface area contributed by atoms with E-state index in [1.165, 1.54) is 37.2 Å². The lowest BCUT2D eigenvalue weighted by Crippen LogP contribution is -2.47. The largest absolute Gasteiger partial charge is 0.373 e. The Balaban J connectivity index is 0.00000169. The molecule has 3 unspecified atom stereocenters. The molecular weight excluding hydrogens is 417 g/mol. The van der Waals surface area contributed by atoms with Crippen LogP contribution in [0.5, 0.6) is 0 Å². The molecule has 24 heavy (non-hydrogen) atoms. The van der Waals surface area contributed by atoms with Crippen LogP contribution in [-0.2, 0) is 24.1 Å². The van der Waals surface area contributed by atoms with Crippen LogP contribution in [0.1, 0.15) is 43.6 Å². The highest BCUT2D eigenvalue weighted by molar-refractivity contribution is 14.0. The summed E-state index contributed by atoms with van der Waals surface area (Å²) in [6.07, 6.45) is 11.2. The van der Waals surface area contributed by atoms with E-state index in [0.29, 0.717) is 18.2 Å². The van der Waals surface area contributed by atoms with E-state index in [1.54, 1.807) is 0 Å². The van der Waals surface area contributed by atoms with Crippen LogP contribution in [-0.4, -0.2) is 47.4 Å². The number of ether oxygens (including phenoxy) is 1. The fourth-order valence-corrected chi connectivity index (χ4v) is 4.06. The lowest BCUT2D eigenvalue weighted by molar-refractivity contribution is 0.0992. The normalized spacial score (nSPS) is 28.4. The first-order chi connectivity index (χ1) is 11.3. The zero-order valence-corrected chi connectivity index (χ0v) is 16.7. The third-order valence-electron chi connectivity index (χ3n) is 5.28. The molecule has 2 N–H and O–H groups in total. The molecule has 2 bridgehead atoms. The number of fused-ring (bicyclic) bond motifs is 3. The van der Waals surface area contributed by atoms with Crippen LogP contribution in [0.25, 0.3) is 0 Å². The molecule has 0 aliphatic carbocycles. The Morgan fingerprint density at radius 2 is 2.33 bits per heavy atom. The van der Waals surface area contributed by atoms with Crippen LogP contribution in [0.15, 0.2) is 11.2 Å². The van der Waals surface area contributed by atoms with Gasteiger partial charge in [0.1, 0.15) is 5.82 Å². The monoisotopic (exact) mass is 445 g/mol. The third kappa shape index (κ3) is 3.87. The highest BCUT2D eigenvalue weighted by Crippen LogP contribution is 2.34. The van der Waals surface area contributed by atoms with Gasteiger partial charge in [-0.15, -0.1) is 24.0 Å². The van der Waals surface area contributed by atoms with Gasteiger partial charge in [0.15, 0.2) is 5.96 Å². The quantitative estimate of drug-likeness (QED) is 0.422. The Morgan fingerprint density at radius 3 is 3.04 bits per heavy atom. The van der Waals surface area contributed by atoms with Gasteiger partial charge in [-0.1, -0.05) is 0 Å². The van der Waals surface area contributed by atoms with Crippen molar-refractivity contribution in [2.45, 2.75) is 69.7 Å². The van der Waals surface area contributed by atoms with Gasteiger partial charge in [-0.25, -0.2) is 4.98 Å². The Kier molecular flexibility index (Phi) is 6.02. The fraction of sp³-hybridized carbons (Fsp3) is 0.765. The van der Waals surface area contributed by atoms with Gasteiger partial charge in [0.05, 0.1) is 23.9 Å². The number of aromatic nitrogens is 2. The number of nitrogens with one attached hydrogen (secondary N) is 2. The molecule has 0 spiro atoms. The Morgan fingerprint density at radius 1 is 1.42 bits per heavy atom. The molecule has 4 heterocycles. The van der Waals surface area contributed by atoms with E-state index in [9.17, 15) is 0 Å². The van der Waals surface area contributed by atoms with Crippen molar-refractivity contribution in [3.63, 3.8) is 0 Å². The van der Waals surface area contributed by atoms with Crippen LogP contribution in [0.4, 0.5) is 0 Å². The number of imidazole rings is 1. The van der Waals surface area contributed by atoms with Crippen molar-refractivity contribution < 1.29 is 4.74 Å². The maximum absolute atomic E-state index is 5.89. The van der Waals surface area contributed by atoms with Gasteiger partial charge in [0.2, 0.25) is 0 Å². The number of rotatable bonds is 4. The molecule has 7 heteroatoms. The summed E-state index contributed by atoms with van der Waals surface area (Å²) >= 11 is 0. The second-order valence-corrected chi connectivity index (χ2v) is 6.91. The van der Waals surface area contributed by atoms with Crippen molar-refractivity contribution in [1.82, 2.24) is 20.2 Å².